The summed E-state index contributed by atoms with van der Waals surface area (Å²) in [7, 11) is 0. The standard InChI is InChI=1S/C14H9Cl3O2/c15-12-5-4-9(6-13(12)16)8-19-11-3-1-2-10(7-11)14(17)18/h1-7H,8H2. The average molecular weight is 316 g/mol. The Hall–Kier alpha value is -1.22. The molecule has 2 nitrogen and oxygen atoms in total. The third-order valence-corrected chi connectivity index (χ3v) is 3.41. The summed E-state index contributed by atoms with van der Waals surface area (Å²) < 4.78 is 5.57. The summed E-state index contributed by atoms with van der Waals surface area (Å²) in [5.41, 5.74) is 1.28. The maximum Gasteiger partial charge on any atom is 0.252 e. The zero-order valence-electron chi connectivity index (χ0n) is 9.70. The number of ether oxygens (including phenoxy) is 1. The van der Waals surface area contributed by atoms with Crippen molar-refractivity contribution in [3.05, 3.63) is 63.6 Å². The Morgan fingerprint density at radius 1 is 1.05 bits per heavy atom. The molecule has 2 aromatic rings. The molecule has 0 heterocycles. The van der Waals surface area contributed by atoms with E-state index in [2.05, 4.69) is 0 Å². The van der Waals surface area contributed by atoms with Crippen LogP contribution in [0.5, 0.6) is 5.75 Å². The summed E-state index contributed by atoms with van der Waals surface area (Å²) >= 11 is 17.1. The van der Waals surface area contributed by atoms with Crippen molar-refractivity contribution in [3.63, 3.8) is 0 Å². The van der Waals surface area contributed by atoms with E-state index in [0.29, 0.717) is 28.0 Å². The van der Waals surface area contributed by atoms with Crippen molar-refractivity contribution in [2.24, 2.45) is 0 Å². The van der Waals surface area contributed by atoms with E-state index in [1.54, 1.807) is 36.4 Å². The molecule has 0 N–H and O–H groups in total. The monoisotopic (exact) mass is 314 g/mol. The fourth-order valence-corrected chi connectivity index (χ4v) is 1.94. The first-order valence-electron chi connectivity index (χ1n) is 5.43. The third-order valence-electron chi connectivity index (χ3n) is 2.45. The highest BCUT2D eigenvalue weighted by molar-refractivity contribution is 6.67. The number of benzene rings is 2. The van der Waals surface area contributed by atoms with E-state index in [1.807, 2.05) is 6.07 Å². The van der Waals surface area contributed by atoms with Crippen LogP contribution in [0.2, 0.25) is 10.0 Å². The van der Waals surface area contributed by atoms with E-state index in [1.165, 1.54) is 0 Å². The number of rotatable bonds is 4. The van der Waals surface area contributed by atoms with E-state index < -0.39 is 5.24 Å². The lowest BCUT2D eigenvalue weighted by atomic mass is 10.2. The molecule has 98 valence electrons. The van der Waals surface area contributed by atoms with Crippen LogP contribution in [-0.4, -0.2) is 5.24 Å². The minimum atomic E-state index is -0.514. The molecule has 2 rings (SSSR count). The highest BCUT2D eigenvalue weighted by Crippen LogP contribution is 2.23. The van der Waals surface area contributed by atoms with Crippen molar-refractivity contribution in [2.45, 2.75) is 6.61 Å². The Balaban J connectivity index is 2.07. The third kappa shape index (κ3) is 3.87. The lowest BCUT2D eigenvalue weighted by molar-refractivity contribution is 0.108. The van der Waals surface area contributed by atoms with Crippen LogP contribution >= 0.6 is 34.8 Å². The van der Waals surface area contributed by atoms with Gasteiger partial charge in [0.2, 0.25) is 0 Å². The first-order chi connectivity index (χ1) is 9.06. The van der Waals surface area contributed by atoms with Crippen LogP contribution in [0, 0.1) is 0 Å². The van der Waals surface area contributed by atoms with E-state index in [9.17, 15) is 4.79 Å². The van der Waals surface area contributed by atoms with Crippen molar-refractivity contribution in [1.82, 2.24) is 0 Å². The van der Waals surface area contributed by atoms with Gasteiger partial charge in [0.15, 0.2) is 0 Å². The molecule has 0 radical (unpaired) electrons. The quantitative estimate of drug-likeness (QED) is 0.746. The van der Waals surface area contributed by atoms with Gasteiger partial charge in [0.05, 0.1) is 10.0 Å². The highest BCUT2D eigenvalue weighted by atomic mass is 35.5. The van der Waals surface area contributed by atoms with Crippen molar-refractivity contribution in [1.29, 1.82) is 0 Å². The van der Waals surface area contributed by atoms with Crippen molar-refractivity contribution < 1.29 is 9.53 Å². The second-order valence-corrected chi connectivity index (χ2v) is 5.00. The molecular weight excluding hydrogens is 307 g/mol. The molecule has 0 saturated heterocycles. The molecule has 19 heavy (non-hydrogen) atoms. The molecule has 0 aromatic heterocycles. The van der Waals surface area contributed by atoms with Gasteiger partial charge in [0, 0.05) is 5.56 Å². The molecule has 0 spiro atoms. The Bertz CT molecular complexity index is 611. The van der Waals surface area contributed by atoms with Crippen molar-refractivity contribution >= 4 is 40.0 Å². The Kier molecular flexibility index (Phi) is 4.70. The minimum Gasteiger partial charge on any atom is -0.489 e. The van der Waals surface area contributed by atoms with Gasteiger partial charge in [-0.25, -0.2) is 0 Å². The molecule has 0 aliphatic carbocycles. The molecule has 0 aliphatic rings. The van der Waals surface area contributed by atoms with Crippen LogP contribution < -0.4 is 4.74 Å². The number of carbonyl (C=O) groups is 1. The van der Waals surface area contributed by atoms with Gasteiger partial charge in [0.25, 0.3) is 5.24 Å². The molecule has 2 aromatic carbocycles. The number of carbonyl (C=O) groups excluding carboxylic acids is 1. The molecule has 0 fully saturated rings. The first kappa shape index (κ1) is 14.2. The molecular formula is C14H9Cl3O2. The number of hydrogen-bond acceptors (Lipinski definition) is 2. The normalized spacial score (nSPS) is 10.3. The van der Waals surface area contributed by atoms with Gasteiger partial charge in [0.1, 0.15) is 12.4 Å². The highest BCUT2D eigenvalue weighted by Gasteiger charge is 2.04. The van der Waals surface area contributed by atoms with Gasteiger partial charge in [-0.1, -0.05) is 35.3 Å². The van der Waals surface area contributed by atoms with Gasteiger partial charge in [-0.05, 0) is 47.5 Å². The van der Waals surface area contributed by atoms with Crippen molar-refractivity contribution in [3.8, 4) is 5.75 Å². The minimum absolute atomic E-state index is 0.330. The average Bonchev–Trinajstić information content (AvgIpc) is 2.40. The first-order valence-corrected chi connectivity index (χ1v) is 6.56. The molecule has 0 aliphatic heterocycles. The molecule has 0 bridgehead atoms. The summed E-state index contributed by atoms with van der Waals surface area (Å²) in [4.78, 5) is 11.0. The van der Waals surface area contributed by atoms with Crippen LogP contribution in [0.15, 0.2) is 42.5 Å². The van der Waals surface area contributed by atoms with Crippen LogP contribution in [-0.2, 0) is 6.61 Å². The lowest BCUT2D eigenvalue weighted by Crippen LogP contribution is -1.97. The zero-order chi connectivity index (χ0) is 13.8. The summed E-state index contributed by atoms with van der Waals surface area (Å²) in [6.45, 7) is 0.330. The summed E-state index contributed by atoms with van der Waals surface area (Å²) in [6.07, 6.45) is 0. The van der Waals surface area contributed by atoms with E-state index >= 15 is 0 Å². The topological polar surface area (TPSA) is 26.3 Å². The second-order valence-electron chi connectivity index (χ2n) is 3.84. The predicted molar refractivity (Wildman–Crippen MR) is 77.4 cm³/mol. The molecule has 0 saturated carbocycles. The van der Waals surface area contributed by atoms with Crippen molar-refractivity contribution in [2.75, 3.05) is 0 Å². The maximum absolute atomic E-state index is 11.0. The largest absolute Gasteiger partial charge is 0.489 e. The molecule has 0 amide bonds. The number of hydrogen-bond donors (Lipinski definition) is 0. The lowest BCUT2D eigenvalue weighted by Gasteiger charge is -2.07. The van der Waals surface area contributed by atoms with E-state index in [0.717, 1.165) is 5.56 Å². The van der Waals surface area contributed by atoms with E-state index in [4.69, 9.17) is 39.5 Å². The zero-order valence-corrected chi connectivity index (χ0v) is 12.0. The van der Waals surface area contributed by atoms with Gasteiger partial charge >= 0.3 is 0 Å². The molecule has 0 atom stereocenters. The fraction of sp³-hybridized carbons (Fsp3) is 0.0714. The van der Waals surface area contributed by atoms with Gasteiger partial charge in [-0.15, -0.1) is 0 Å². The smallest absolute Gasteiger partial charge is 0.252 e. The van der Waals surface area contributed by atoms with Gasteiger partial charge in [-0.2, -0.15) is 0 Å². The fourth-order valence-electron chi connectivity index (χ4n) is 1.50. The van der Waals surface area contributed by atoms with Crippen LogP contribution in [0.3, 0.4) is 0 Å². The Labute approximate surface area is 125 Å². The van der Waals surface area contributed by atoms with E-state index in [-0.39, 0.29) is 0 Å². The van der Waals surface area contributed by atoms with Crippen LogP contribution in [0.4, 0.5) is 0 Å². The molecule has 5 heteroatoms. The van der Waals surface area contributed by atoms with Crippen LogP contribution in [0.1, 0.15) is 15.9 Å². The van der Waals surface area contributed by atoms with Gasteiger partial charge in [-0.3, -0.25) is 4.79 Å². The predicted octanol–water partition coefficient (Wildman–Crippen LogP) is 4.95. The molecule has 0 unspecified atom stereocenters. The van der Waals surface area contributed by atoms with Gasteiger partial charge < -0.3 is 4.74 Å². The summed E-state index contributed by atoms with van der Waals surface area (Å²) in [6, 6.07) is 11.9. The Morgan fingerprint density at radius 2 is 1.84 bits per heavy atom. The number of halogens is 3. The maximum atomic E-state index is 11.0. The van der Waals surface area contributed by atoms with Crippen LogP contribution in [0.25, 0.3) is 0 Å². The second kappa shape index (κ2) is 6.29. The SMILES string of the molecule is O=C(Cl)c1cccc(OCc2ccc(Cl)c(Cl)c2)c1. The Morgan fingerprint density at radius 3 is 2.53 bits per heavy atom. The summed E-state index contributed by atoms with van der Waals surface area (Å²) in [5, 5.41) is 0.465. The summed E-state index contributed by atoms with van der Waals surface area (Å²) in [5.74, 6) is 0.567.